The van der Waals surface area contributed by atoms with E-state index >= 15 is 0 Å². The summed E-state index contributed by atoms with van der Waals surface area (Å²) in [6, 6.07) is 2.70. The first-order chi connectivity index (χ1) is 8.06. The molecule has 0 saturated carbocycles. The number of rotatable bonds is 5. The standard InChI is InChI=1S/C11H14O6/c1-17-8-3-2-6(4-12)9(11(8)16)10(15)7(14)5-13/h2-4,7,10,13-16H,5H2,1H3. The third-order valence-electron chi connectivity index (χ3n) is 2.41. The monoisotopic (exact) mass is 242 g/mol. The van der Waals surface area contributed by atoms with Gasteiger partial charge in [0.15, 0.2) is 17.8 Å². The molecule has 17 heavy (non-hydrogen) atoms. The van der Waals surface area contributed by atoms with Crippen LogP contribution in [0.5, 0.6) is 11.5 Å². The summed E-state index contributed by atoms with van der Waals surface area (Å²) >= 11 is 0. The number of ether oxygens (including phenoxy) is 1. The van der Waals surface area contributed by atoms with E-state index in [1.807, 2.05) is 0 Å². The minimum absolute atomic E-state index is 0.0169. The van der Waals surface area contributed by atoms with Crippen LogP contribution in [0.25, 0.3) is 0 Å². The zero-order chi connectivity index (χ0) is 13.0. The lowest BCUT2D eigenvalue weighted by Crippen LogP contribution is -2.23. The summed E-state index contributed by atoms with van der Waals surface area (Å²) in [7, 11) is 1.31. The number of aldehydes is 1. The zero-order valence-corrected chi connectivity index (χ0v) is 9.20. The van der Waals surface area contributed by atoms with Gasteiger partial charge in [0, 0.05) is 11.1 Å². The van der Waals surface area contributed by atoms with E-state index < -0.39 is 24.6 Å². The second-order valence-corrected chi connectivity index (χ2v) is 3.43. The van der Waals surface area contributed by atoms with Crippen LogP contribution < -0.4 is 4.74 Å². The molecule has 6 nitrogen and oxygen atoms in total. The lowest BCUT2D eigenvalue weighted by molar-refractivity contribution is -0.0165. The number of hydrogen-bond acceptors (Lipinski definition) is 6. The van der Waals surface area contributed by atoms with Crippen LogP contribution in [0.4, 0.5) is 0 Å². The van der Waals surface area contributed by atoms with Crippen molar-refractivity contribution in [2.45, 2.75) is 12.2 Å². The van der Waals surface area contributed by atoms with Crippen LogP contribution >= 0.6 is 0 Å². The molecule has 0 bridgehead atoms. The normalized spacial score (nSPS) is 14.1. The van der Waals surface area contributed by atoms with Gasteiger partial charge >= 0.3 is 0 Å². The Hall–Kier alpha value is -1.63. The van der Waals surface area contributed by atoms with E-state index in [2.05, 4.69) is 0 Å². The molecule has 0 spiro atoms. The summed E-state index contributed by atoms with van der Waals surface area (Å²) in [6.45, 7) is -0.698. The molecule has 0 fully saturated rings. The fourth-order valence-corrected chi connectivity index (χ4v) is 1.47. The predicted molar refractivity (Wildman–Crippen MR) is 58.1 cm³/mol. The Balaban J connectivity index is 3.32. The van der Waals surface area contributed by atoms with Crippen LogP contribution in [0.1, 0.15) is 22.0 Å². The number of benzene rings is 1. The van der Waals surface area contributed by atoms with Crippen molar-refractivity contribution in [1.82, 2.24) is 0 Å². The molecule has 2 unspecified atom stereocenters. The molecule has 1 aromatic rings. The SMILES string of the molecule is COc1ccc(C=O)c(C(O)C(O)CO)c1O. The number of phenols is 1. The van der Waals surface area contributed by atoms with E-state index in [9.17, 15) is 20.1 Å². The van der Waals surface area contributed by atoms with E-state index in [-0.39, 0.29) is 16.9 Å². The Labute approximate surface area is 97.7 Å². The van der Waals surface area contributed by atoms with Crippen molar-refractivity contribution in [3.8, 4) is 11.5 Å². The van der Waals surface area contributed by atoms with E-state index in [0.717, 1.165) is 0 Å². The largest absolute Gasteiger partial charge is 0.504 e. The molecule has 0 aromatic heterocycles. The van der Waals surface area contributed by atoms with Crippen molar-refractivity contribution in [1.29, 1.82) is 0 Å². The number of hydrogen-bond donors (Lipinski definition) is 4. The Morgan fingerprint density at radius 1 is 1.41 bits per heavy atom. The topological polar surface area (TPSA) is 107 Å². The minimum Gasteiger partial charge on any atom is -0.504 e. The highest BCUT2D eigenvalue weighted by atomic mass is 16.5. The smallest absolute Gasteiger partial charge is 0.164 e. The molecule has 94 valence electrons. The van der Waals surface area contributed by atoms with Crippen LogP contribution in [-0.4, -0.2) is 46.5 Å². The highest BCUT2D eigenvalue weighted by molar-refractivity contribution is 5.80. The first kappa shape index (κ1) is 13.4. The maximum absolute atomic E-state index is 10.8. The number of phenolic OH excluding ortho intramolecular Hbond substituents is 1. The van der Waals surface area contributed by atoms with Crippen LogP contribution in [-0.2, 0) is 0 Å². The Bertz CT molecular complexity index is 403. The number of aliphatic hydroxyl groups is 3. The van der Waals surface area contributed by atoms with Gasteiger partial charge in [0.25, 0.3) is 0 Å². The molecule has 1 aromatic carbocycles. The molecule has 2 atom stereocenters. The third kappa shape index (κ3) is 2.55. The molecular formula is C11H14O6. The van der Waals surface area contributed by atoms with Crippen molar-refractivity contribution >= 4 is 6.29 Å². The second kappa shape index (κ2) is 5.62. The zero-order valence-electron chi connectivity index (χ0n) is 9.20. The van der Waals surface area contributed by atoms with Crippen molar-refractivity contribution in [3.05, 3.63) is 23.3 Å². The fourth-order valence-electron chi connectivity index (χ4n) is 1.47. The maximum Gasteiger partial charge on any atom is 0.164 e. The van der Waals surface area contributed by atoms with Gasteiger partial charge in [0.1, 0.15) is 12.2 Å². The van der Waals surface area contributed by atoms with Crippen LogP contribution in [0, 0.1) is 0 Å². The van der Waals surface area contributed by atoms with Crippen LogP contribution in [0.3, 0.4) is 0 Å². The summed E-state index contributed by atoms with van der Waals surface area (Å²) in [5.74, 6) is -0.369. The number of carbonyl (C=O) groups is 1. The highest BCUT2D eigenvalue weighted by Gasteiger charge is 2.25. The van der Waals surface area contributed by atoms with Crippen molar-refractivity contribution in [2.24, 2.45) is 0 Å². The first-order valence-corrected chi connectivity index (χ1v) is 4.88. The van der Waals surface area contributed by atoms with Crippen molar-refractivity contribution < 1.29 is 30.0 Å². The van der Waals surface area contributed by atoms with Gasteiger partial charge in [-0.15, -0.1) is 0 Å². The van der Waals surface area contributed by atoms with Gasteiger partial charge in [-0.2, -0.15) is 0 Å². The quantitative estimate of drug-likeness (QED) is 0.523. The summed E-state index contributed by atoms with van der Waals surface area (Å²) in [5.41, 5.74) is -0.149. The molecule has 0 aliphatic carbocycles. The van der Waals surface area contributed by atoms with Gasteiger partial charge in [0.05, 0.1) is 13.7 Å². The average molecular weight is 242 g/mol. The minimum atomic E-state index is -1.57. The summed E-state index contributed by atoms with van der Waals surface area (Å²) in [5, 5.41) is 37.6. The van der Waals surface area contributed by atoms with Crippen LogP contribution in [0.15, 0.2) is 12.1 Å². The van der Waals surface area contributed by atoms with Crippen LogP contribution in [0.2, 0.25) is 0 Å². The Morgan fingerprint density at radius 3 is 2.53 bits per heavy atom. The van der Waals surface area contributed by atoms with Gasteiger partial charge < -0.3 is 25.2 Å². The molecule has 0 aliphatic rings. The molecule has 4 N–H and O–H groups in total. The molecule has 0 amide bonds. The molecule has 6 heteroatoms. The summed E-state index contributed by atoms with van der Waals surface area (Å²) < 4.78 is 4.83. The van der Waals surface area contributed by atoms with Gasteiger partial charge in [-0.1, -0.05) is 0 Å². The molecule has 0 aliphatic heterocycles. The van der Waals surface area contributed by atoms with E-state index in [4.69, 9.17) is 9.84 Å². The molecular weight excluding hydrogens is 228 g/mol. The lowest BCUT2D eigenvalue weighted by atomic mass is 9.98. The highest BCUT2D eigenvalue weighted by Crippen LogP contribution is 2.36. The average Bonchev–Trinajstić information content (AvgIpc) is 2.36. The van der Waals surface area contributed by atoms with Gasteiger partial charge in [0.2, 0.25) is 0 Å². The van der Waals surface area contributed by atoms with Gasteiger partial charge in [-0.05, 0) is 12.1 Å². The third-order valence-corrected chi connectivity index (χ3v) is 2.41. The van der Waals surface area contributed by atoms with E-state index in [0.29, 0.717) is 6.29 Å². The summed E-state index contributed by atoms with van der Waals surface area (Å²) in [4.78, 5) is 10.8. The summed E-state index contributed by atoms with van der Waals surface area (Å²) in [6.07, 6.45) is -2.64. The molecule has 0 heterocycles. The fraction of sp³-hybridized carbons (Fsp3) is 0.364. The number of aliphatic hydroxyl groups excluding tert-OH is 3. The Morgan fingerprint density at radius 2 is 2.06 bits per heavy atom. The van der Waals surface area contributed by atoms with E-state index in [1.165, 1.54) is 19.2 Å². The number of methoxy groups -OCH3 is 1. The van der Waals surface area contributed by atoms with Crippen molar-refractivity contribution in [3.63, 3.8) is 0 Å². The van der Waals surface area contributed by atoms with Gasteiger partial charge in [-0.25, -0.2) is 0 Å². The maximum atomic E-state index is 10.8. The molecule has 0 radical (unpaired) electrons. The molecule has 1 rings (SSSR count). The van der Waals surface area contributed by atoms with Gasteiger partial charge in [-0.3, -0.25) is 4.79 Å². The second-order valence-electron chi connectivity index (χ2n) is 3.43. The lowest BCUT2D eigenvalue weighted by Gasteiger charge is -2.19. The predicted octanol–water partition coefficient (Wildman–Crippen LogP) is -0.400. The Kier molecular flexibility index (Phi) is 4.45. The number of aromatic hydroxyl groups is 1. The van der Waals surface area contributed by atoms with Crippen molar-refractivity contribution in [2.75, 3.05) is 13.7 Å². The number of carbonyl (C=O) groups excluding carboxylic acids is 1. The first-order valence-electron chi connectivity index (χ1n) is 4.88. The van der Waals surface area contributed by atoms with E-state index in [1.54, 1.807) is 0 Å². The molecule has 0 saturated heterocycles.